The van der Waals surface area contributed by atoms with Crippen molar-refractivity contribution in [2.45, 2.75) is 34.6 Å². The molecule has 0 aliphatic carbocycles. The number of nitrogens with one attached hydrogen (secondary N) is 1. The lowest BCUT2D eigenvalue weighted by molar-refractivity contribution is 0.103. The van der Waals surface area contributed by atoms with E-state index in [0.717, 1.165) is 22.5 Å². The van der Waals surface area contributed by atoms with E-state index in [-0.39, 0.29) is 11.5 Å². The topological polar surface area (TPSA) is 76.9 Å². The maximum atomic E-state index is 12.7. The summed E-state index contributed by atoms with van der Waals surface area (Å²) < 4.78 is 1.31. The minimum Gasteiger partial charge on any atom is -0.321 e. The molecule has 1 N–H and O–H groups in total. The Morgan fingerprint density at radius 2 is 1.78 bits per heavy atom. The van der Waals surface area contributed by atoms with Gasteiger partial charge in [0.05, 0.1) is 17.0 Å². The van der Waals surface area contributed by atoms with Gasteiger partial charge in [0.1, 0.15) is 9.88 Å². The molecule has 0 atom stereocenters. The van der Waals surface area contributed by atoms with Crippen molar-refractivity contribution >= 4 is 22.9 Å². The van der Waals surface area contributed by atoms with Crippen LogP contribution in [0.5, 0.6) is 0 Å². The summed E-state index contributed by atoms with van der Waals surface area (Å²) in [7, 11) is 1.62. The highest BCUT2D eigenvalue weighted by Gasteiger charge is 2.21. The highest BCUT2D eigenvalue weighted by Crippen LogP contribution is 2.29. The molecule has 0 aliphatic rings. The predicted octanol–water partition coefficient (Wildman–Crippen LogP) is 3.70. The van der Waals surface area contributed by atoms with E-state index in [1.165, 1.54) is 21.6 Å². The van der Waals surface area contributed by atoms with E-state index in [1.807, 2.05) is 45.9 Å². The molecule has 0 aliphatic heterocycles. The van der Waals surface area contributed by atoms with Gasteiger partial charge in [-0.25, -0.2) is 9.67 Å². The van der Waals surface area contributed by atoms with Gasteiger partial charge in [-0.2, -0.15) is 5.10 Å². The molecule has 0 spiro atoms. The molecule has 3 rings (SSSR count). The van der Waals surface area contributed by atoms with Gasteiger partial charge in [0.15, 0.2) is 0 Å². The lowest BCUT2D eigenvalue weighted by Gasteiger charge is -2.07. The predicted molar refractivity (Wildman–Crippen MR) is 109 cm³/mol. The van der Waals surface area contributed by atoms with E-state index in [0.29, 0.717) is 21.1 Å². The van der Waals surface area contributed by atoms with Gasteiger partial charge in [-0.3, -0.25) is 9.59 Å². The van der Waals surface area contributed by atoms with Gasteiger partial charge >= 0.3 is 0 Å². The Hall–Kier alpha value is -2.80. The van der Waals surface area contributed by atoms with E-state index in [9.17, 15) is 9.59 Å². The van der Waals surface area contributed by atoms with Gasteiger partial charge in [-0.05, 0) is 63.4 Å². The van der Waals surface area contributed by atoms with Crippen LogP contribution in [0.3, 0.4) is 0 Å². The number of hydrogen-bond donors (Lipinski definition) is 1. The summed E-state index contributed by atoms with van der Waals surface area (Å²) in [5.74, 6) is -0.222. The molecule has 2 aromatic heterocycles. The largest absolute Gasteiger partial charge is 0.321 e. The molecule has 1 aromatic carbocycles. The molecule has 7 heteroatoms. The van der Waals surface area contributed by atoms with E-state index in [2.05, 4.69) is 15.4 Å². The van der Waals surface area contributed by atoms with Crippen molar-refractivity contribution in [3.05, 3.63) is 61.5 Å². The van der Waals surface area contributed by atoms with Crippen molar-refractivity contribution in [2.75, 3.05) is 5.32 Å². The highest BCUT2D eigenvalue weighted by molar-refractivity contribution is 7.17. The Balaban J connectivity index is 1.99. The summed E-state index contributed by atoms with van der Waals surface area (Å²) in [4.78, 5) is 30.3. The third-order valence-corrected chi connectivity index (χ3v) is 5.88. The molecule has 27 heavy (non-hydrogen) atoms. The Kier molecular flexibility index (Phi) is 4.97. The van der Waals surface area contributed by atoms with Crippen LogP contribution in [0.25, 0.3) is 10.6 Å². The fraction of sp³-hybridized carbons (Fsp3) is 0.300. The Bertz CT molecular complexity index is 1110. The first-order chi connectivity index (χ1) is 12.7. The van der Waals surface area contributed by atoms with Crippen LogP contribution in [-0.4, -0.2) is 20.7 Å². The third kappa shape index (κ3) is 3.55. The zero-order valence-electron chi connectivity index (χ0n) is 16.3. The molecule has 0 saturated heterocycles. The second-order valence-electron chi connectivity index (χ2n) is 6.70. The number of nitrogens with zero attached hydrogens (tertiary/aromatic N) is 3. The molecular weight excluding hydrogens is 360 g/mol. The number of carbonyl (C=O) groups is 1. The molecule has 0 bridgehead atoms. The fourth-order valence-electron chi connectivity index (χ4n) is 2.82. The van der Waals surface area contributed by atoms with Gasteiger partial charge in [-0.1, -0.05) is 6.07 Å². The smallest absolute Gasteiger partial charge is 0.277 e. The van der Waals surface area contributed by atoms with Crippen molar-refractivity contribution in [1.29, 1.82) is 0 Å². The normalized spacial score (nSPS) is 10.9. The Morgan fingerprint density at radius 3 is 2.44 bits per heavy atom. The zero-order valence-corrected chi connectivity index (χ0v) is 17.1. The molecule has 6 nitrogen and oxygen atoms in total. The second kappa shape index (κ2) is 7.08. The van der Waals surface area contributed by atoms with Crippen LogP contribution in [-0.2, 0) is 7.05 Å². The van der Waals surface area contributed by atoms with Gasteiger partial charge in [-0.15, -0.1) is 11.3 Å². The van der Waals surface area contributed by atoms with Crippen molar-refractivity contribution < 1.29 is 4.79 Å². The van der Waals surface area contributed by atoms with E-state index in [1.54, 1.807) is 14.0 Å². The fourth-order valence-corrected chi connectivity index (χ4v) is 3.88. The standard InChI is InChI=1S/C20H22N4O2S/c1-10-7-8-15(9-11(10)2)22-18(25)17-14(5)21-19(27-17)16-12(3)13(4)23-24(6)20(16)26/h7-9H,1-6H3,(H,22,25). The van der Waals surface area contributed by atoms with Crippen LogP contribution in [0, 0.1) is 34.6 Å². The van der Waals surface area contributed by atoms with Crippen LogP contribution in [0.4, 0.5) is 5.69 Å². The number of hydrogen-bond acceptors (Lipinski definition) is 5. The first-order valence-electron chi connectivity index (χ1n) is 8.60. The van der Waals surface area contributed by atoms with Crippen LogP contribution in [0.15, 0.2) is 23.0 Å². The van der Waals surface area contributed by atoms with Gasteiger partial charge in [0.2, 0.25) is 0 Å². The summed E-state index contributed by atoms with van der Waals surface area (Å²) in [5.41, 5.74) is 5.46. The van der Waals surface area contributed by atoms with Gasteiger partial charge < -0.3 is 5.32 Å². The quantitative estimate of drug-likeness (QED) is 0.749. The van der Waals surface area contributed by atoms with E-state index < -0.39 is 0 Å². The lowest BCUT2D eigenvalue weighted by atomic mass is 10.1. The SMILES string of the molecule is Cc1ccc(NC(=O)c2sc(-c3c(C)c(C)nn(C)c3=O)nc2C)cc1C. The molecule has 3 aromatic rings. The van der Waals surface area contributed by atoms with Crippen molar-refractivity contribution in [1.82, 2.24) is 14.8 Å². The van der Waals surface area contributed by atoms with Crippen molar-refractivity contribution in [2.24, 2.45) is 7.05 Å². The third-order valence-electron chi connectivity index (χ3n) is 4.71. The minimum atomic E-state index is -0.222. The molecule has 0 radical (unpaired) electrons. The first kappa shape index (κ1) is 19.0. The number of rotatable bonds is 3. The average molecular weight is 382 g/mol. The summed E-state index contributed by atoms with van der Waals surface area (Å²) in [5, 5.41) is 7.66. The average Bonchev–Trinajstić information content (AvgIpc) is 2.98. The molecule has 0 fully saturated rings. The first-order valence-corrected chi connectivity index (χ1v) is 9.41. The molecule has 1 amide bonds. The number of thiazole rings is 1. The summed E-state index contributed by atoms with van der Waals surface area (Å²) in [6.45, 7) is 9.52. The molecule has 0 unspecified atom stereocenters. The monoisotopic (exact) mass is 382 g/mol. The Labute approximate surface area is 161 Å². The van der Waals surface area contributed by atoms with E-state index in [4.69, 9.17) is 0 Å². The molecule has 2 heterocycles. The minimum absolute atomic E-state index is 0.215. The maximum Gasteiger partial charge on any atom is 0.277 e. The number of aryl methyl sites for hydroxylation is 5. The summed E-state index contributed by atoms with van der Waals surface area (Å²) in [6, 6.07) is 5.79. The number of benzene rings is 1. The number of anilines is 1. The van der Waals surface area contributed by atoms with Gasteiger partial charge in [0.25, 0.3) is 11.5 Å². The van der Waals surface area contributed by atoms with E-state index >= 15 is 0 Å². The van der Waals surface area contributed by atoms with Crippen LogP contribution in [0.2, 0.25) is 0 Å². The lowest BCUT2D eigenvalue weighted by Crippen LogP contribution is -2.23. The number of aromatic nitrogens is 3. The molecule has 140 valence electrons. The number of carbonyl (C=O) groups excluding carboxylic acids is 1. The molecular formula is C20H22N4O2S. The van der Waals surface area contributed by atoms with Crippen molar-refractivity contribution in [3.8, 4) is 10.6 Å². The highest BCUT2D eigenvalue weighted by atomic mass is 32.1. The number of amides is 1. The van der Waals surface area contributed by atoms with Crippen LogP contribution >= 0.6 is 11.3 Å². The van der Waals surface area contributed by atoms with Crippen LogP contribution in [0.1, 0.15) is 37.7 Å². The summed E-state index contributed by atoms with van der Waals surface area (Å²) >= 11 is 1.23. The molecule has 0 saturated carbocycles. The maximum absolute atomic E-state index is 12.7. The zero-order chi connectivity index (χ0) is 19.9. The second-order valence-corrected chi connectivity index (χ2v) is 7.70. The van der Waals surface area contributed by atoms with Gasteiger partial charge in [0, 0.05) is 12.7 Å². The van der Waals surface area contributed by atoms with Crippen molar-refractivity contribution in [3.63, 3.8) is 0 Å². The summed E-state index contributed by atoms with van der Waals surface area (Å²) in [6.07, 6.45) is 0. The van der Waals surface area contributed by atoms with Crippen LogP contribution < -0.4 is 10.9 Å². The Morgan fingerprint density at radius 1 is 1.07 bits per heavy atom.